The third-order valence-corrected chi connectivity index (χ3v) is 6.35. The molecule has 2 heterocycles. The van der Waals surface area contributed by atoms with Crippen molar-refractivity contribution >= 4 is 40.6 Å². The number of para-hydroxylation sites is 2. The van der Waals surface area contributed by atoms with E-state index >= 15 is 0 Å². The number of rotatable bonds is 7. The van der Waals surface area contributed by atoms with Crippen molar-refractivity contribution in [3.05, 3.63) is 48.5 Å². The van der Waals surface area contributed by atoms with Crippen LogP contribution in [0.15, 0.2) is 53.7 Å². The molecule has 4 rings (SSSR count). The zero-order valence-corrected chi connectivity index (χ0v) is 19.1. The van der Waals surface area contributed by atoms with E-state index in [1.807, 2.05) is 53.1 Å². The molecule has 0 spiro atoms. The number of nitrogens with one attached hydrogen (secondary N) is 1. The molecule has 1 saturated heterocycles. The number of ether oxygens (including phenoxy) is 2. The van der Waals surface area contributed by atoms with Crippen LogP contribution in [0.4, 0.5) is 0 Å². The third kappa shape index (κ3) is 4.80. The lowest BCUT2D eigenvalue weighted by atomic mass is 10.1. The van der Waals surface area contributed by atoms with Crippen LogP contribution in [0.2, 0.25) is 0 Å². The molecule has 10 heteroatoms. The average Bonchev–Trinajstić information content (AvgIpc) is 3.22. The molecule has 2 aromatic carbocycles. The lowest BCUT2D eigenvalue weighted by Gasteiger charge is -2.34. The fourth-order valence-electron chi connectivity index (χ4n) is 3.75. The first-order valence-corrected chi connectivity index (χ1v) is 11.4. The number of fused-ring (bicyclic) bond motifs is 1. The van der Waals surface area contributed by atoms with Gasteiger partial charge in [0.1, 0.15) is 11.8 Å². The first kappa shape index (κ1) is 22.7. The summed E-state index contributed by atoms with van der Waals surface area (Å²) in [6, 6.07) is 14.5. The molecule has 33 heavy (non-hydrogen) atoms. The lowest BCUT2D eigenvalue weighted by Crippen LogP contribution is -2.58. The van der Waals surface area contributed by atoms with Gasteiger partial charge in [0.25, 0.3) is 0 Å². The van der Waals surface area contributed by atoms with Crippen molar-refractivity contribution in [3.63, 3.8) is 0 Å². The number of piperazine rings is 1. The largest absolute Gasteiger partial charge is 0.497 e. The molecule has 0 saturated carbocycles. The van der Waals surface area contributed by atoms with Gasteiger partial charge in [-0.2, -0.15) is 0 Å². The van der Waals surface area contributed by atoms with Crippen molar-refractivity contribution in [1.82, 2.24) is 19.8 Å². The van der Waals surface area contributed by atoms with Crippen LogP contribution in [-0.2, 0) is 19.1 Å². The van der Waals surface area contributed by atoms with Crippen LogP contribution in [0, 0.1) is 0 Å². The van der Waals surface area contributed by atoms with Crippen molar-refractivity contribution in [2.75, 3.05) is 33.1 Å². The molecule has 1 N–H and O–H groups in total. The second-order valence-corrected chi connectivity index (χ2v) is 8.32. The van der Waals surface area contributed by atoms with Crippen LogP contribution < -0.4 is 10.1 Å². The van der Waals surface area contributed by atoms with Gasteiger partial charge in [-0.15, -0.1) is 0 Å². The Morgan fingerprint density at radius 3 is 2.64 bits per heavy atom. The number of hydrogen-bond acceptors (Lipinski definition) is 7. The van der Waals surface area contributed by atoms with Gasteiger partial charge in [-0.05, 0) is 36.4 Å². The van der Waals surface area contributed by atoms with E-state index in [4.69, 9.17) is 9.72 Å². The number of nitrogens with zero attached hydrogens (tertiary/aromatic N) is 3. The summed E-state index contributed by atoms with van der Waals surface area (Å²) in [6.45, 7) is 0.680. The van der Waals surface area contributed by atoms with E-state index in [0.717, 1.165) is 22.5 Å². The molecule has 0 aliphatic carbocycles. The van der Waals surface area contributed by atoms with Gasteiger partial charge in [0.05, 0.1) is 37.4 Å². The fraction of sp³-hybridized carbons (Fsp3) is 0.304. The minimum atomic E-state index is -0.875. The number of esters is 1. The highest BCUT2D eigenvalue weighted by molar-refractivity contribution is 7.99. The maximum absolute atomic E-state index is 13.1. The van der Waals surface area contributed by atoms with E-state index in [1.165, 1.54) is 23.8 Å². The van der Waals surface area contributed by atoms with E-state index in [-0.39, 0.29) is 24.0 Å². The molecule has 3 aromatic rings. The van der Waals surface area contributed by atoms with Gasteiger partial charge in [-0.25, -0.2) is 4.98 Å². The van der Waals surface area contributed by atoms with Crippen LogP contribution >= 0.6 is 11.8 Å². The lowest BCUT2D eigenvalue weighted by molar-refractivity contribution is -0.149. The molecule has 1 aliphatic heterocycles. The van der Waals surface area contributed by atoms with Crippen LogP contribution in [0.25, 0.3) is 16.7 Å². The molecule has 0 bridgehead atoms. The molecule has 0 unspecified atom stereocenters. The molecule has 9 nitrogen and oxygen atoms in total. The topological polar surface area (TPSA) is 103 Å². The summed E-state index contributed by atoms with van der Waals surface area (Å²) in [4.78, 5) is 43.3. The molecular formula is C23H24N4O5S. The fourth-order valence-corrected chi connectivity index (χ4v) is 4.66. The number of aromatic nitrogens is 2. The van der Waals surface area contributed by atoms with E-state index in [0.29, 0.717) is 18.2 Å². The number of benzene rings is 2. The van der Waals surface area contributed by atoms with Crippen LogP contribution in [0.1, 0.15) is 6.42 Å². The average molecular weight is 469 g/mol. The maximum atomic E-state index is 13.1. The quantitative estimate of drug-likeness (QED) is 0.418. The number of carbonyl (C=O) groups is 3. The Hall–Kier alpha value is -3.53. The second kappa shape index (κ2) is 9.95. The van der Waals surface area contributed by atoms with Gasteiger partial charge in [0.2, 0.25) is 11.8 Å². The molecule has 2 amide bonds. The highest BCUT2D eigenvalue weighted by atomic mass is 32.2. The molecule has 1 atom stereocenters. The summed E-state index contributed by atoms with van der Waals surface area (Å²) >= 11 is 1.29. The minimum absolute atomic E-state index is 0.0738. The molecule has 1 aliphatic rings. The predicted octanol–water partition coefficient (Wildman–Crippen LogP) is 2.02. The third-order valence-electron chi connectivity index (χ3n) is 5.42. The molecule has 1 fully saturated rings. The number of thioether (sulfide) groups is 1. The monoisotopic (exact) mass is 468 g/mol. The zero-order valence-electron chi connectivity index (χ0n) is 18.3. The summed E-state index contributed by atoms with van der Waals surface area (Å²) < 4.78 is 11.9. The van der Waals surface area contributed by atoms with Gasteiger partial charge in [0, 0.05) is 18.8 Å². The molecule has 1 aromatic heterocycles. The number of methoxy groups -OCH3 is 2. The first-order chi connectivity index (χ1) is 16.0. The van der Waals surface area contributed by atoms with Gasteiger partial charge >= 0.3 is 5.97 Å². The smallest absolute Gasteiger partial charge is 0.308 e. The van der Waals surface area contributed by atoms with E-state index in [1.54, 1.807) is 7.11 Å². The Balaban J connectivity index is 1.58. The molecule has 172 valence electrons. The Labute approximate surface area is 195 Å². The SMILES string of the molecule is COC(=O)C[C@@H]1C(=O)NCCN1C(=O)CSc1nc2ccccc2n1-c1ccc(OC)cc1. The Morgan fingerprint density at radius 2 is 1.91 bits per heavy atom. The predicted molar refractivity (Wildman–Crippen MR) is 123 cm³/mol. The second-order valence-electron chi connectivity index (χ2n) is 7.38. The Bertz CT molecular complexity index is 1180. The Kier molecular flexibility index (Phi) is 6.83. The minimum Gasteiger partial charge on any atom is -0.497 e. The van der Waals surface area contributed by atoms with Crippen molar-refractivity contribution in [1.29, 1.82) is 0 Å². The number of carbonyl (C=O) groups excluding carboxylic acids is 3. The van der Waals surface area contributed by atoms with E-state index in [9.17, 15) is 14.4 Å². The van der Waals surface area contributed by atoms with Gasteiger partial charge in [-0.3, -0.25) is 19.0 Å². The van der Waals surface area contributed by atoms with E-state index in [2.05, 4.69) is 10.1 Å². The summed E-state index contributed by atoms with van der Waals surface area (Å²) in [5.74, 6) is -0.311. The van der Waals surface area contributed by atoms with Gasteiger partial charge in [0.15, 0.2) is 5.16 Å². The molecule has 0 radical (unpaired) electrons. The van der Waals surface area contributed by atoms with Crippen molar-refractivity contribution in [2.45, 2.75) is 17.6 Å². The summed E-state index contributed by atoms with van der Waals surface area (Å²) in [5.41, 5.74) is 2.61. The number of imidazole rings is 1. The summed E-state index contributed by atoms with van der Waals surface area (Å²) in [7, 11) is 2.87. The zero-order chi connectivity index (χ0) is 23.4. The highest BCUT2D eigenvalue weighted by Gasteiger charge is 2.35. The van der Waals surface area contributed by atoms with Crippen LogP contribution in [-0.4, -0.2) is 71.3 Å². The summed E-state index contributed by atoms with van der Waals surface area (Å²) in [6.07, 6.45) is -0.177. The Morgan fingerprint density at radius 1 is 1.15 bits per heavy atom. The van der Waals surface area contributed by atoms with Crippen molar-refractivity contribution < 1.29 is 23.9 Å². The normalized spacial score (nSPS) is 15.9. The molecular weight excluding hydrogens is 444 g/mol. The maximum Gasteiger partial charge on any atom is 0.308 e. The van der Waals surface area contributed by atoms with Crippen molar-refractivity contribution in [3.8, 4) is 11.4 Å². The number of hydrogen-bond donors (Lipinski definition) is 1. The standard InChI is InChI=1S/C23H24N4O5S/c1-31-16-9-7-15(8-10-16)27-18-6-4-3-5-17(18)25-23(27)33-14-20(28)26-12-11-24-22(30)19(26)13-21(29)32-2/h3-10,19H,11-14H2,1-2H3,(H,24,30)/t19-/m1/s1. The highest BCUT2D eigenvalue weighted by Crippen LogP contribution is 2.29. The van der Waals surface area contributed by atoms with Crippen molar-refractivity contribution in [2.24, 2.45) is 0 Å². The van der Waals surface area contributed by atoms with E-state index < -0.39 is 12.0 Å². The first-order valence-electron chi connectivity index (χ1n) is 10.4. The number of amides is 2. The van der Waals surface area contributed by atoms with Gasteiger partial charge < -0.3 is 19.7 Å². The van der Waals surface area contributed by atoms with Gasteiger partial charge in [-0.1, -0.05) is 23.9 Å². The summed E-state index contributed by atoms with van der Waals surface area (Å²) in [5, 5.41) is 3.36. The van der Waals surface area contributed by atoms with Crippen LogP contribution in [0.5, 0.6) is 5.75 Å². The van der Waals surface area contributed by atoms with Crippen LogP contribution in [0.3, 0.4) is 0 Å².